The van der Waals surface area contributed by atoms with Gasteiger partial charge in [0, 0.05) is 13.1 Å². The average Bonchev–Trinajstić information content (AvgIpc) is 2.30. The molecule has 2 rings (SSSR count). The molecular weight excluding hydrogens is 186 g/mol. The number of piperidine rings is 1. The van der Waals surface area contributed by atoms with Gasteiger partial charge in [-0.1, -0.05) is 26.2 Å². The summed E-state index contributed by atoms with van der Waals surface area (Å²) in [5, 5.41) is 10.3. The maximum absolute atomic E-state index is 10.3. The third-order valence-corrected chi connectivity index (χ3v) is 4.25. The molecule has 0 aromatic carbocycles. The van der Waals surface area contributed by atoms with Crippen LogP contribution >= 0.6 is 0 Å². The molecule has 0 spiro atoms. The first-order valence-corrected chi connectivity index (χ1v) is 6.69. The van der Waals surface area contributed by atoms with E-state index in [0.717, 1.165) is 19.0 Å². The minimum Gasteiger partial charge on any atom is -0.378 e. The zero-order chi connectivity index (χ0) is 10.7. The summed E-state index contributed by atoms with van der Waals surface area (Å²) in [6.45, 7) is 4.57. The Bertz CT molecular complexity index is 181. The van der Waals surface area contributed by atoms with E-state index in [-0.39, 0.29) is 6.23 Å². The Morgan fingerprint density at radius 1 is 1.00 bits per heavy atom. The number of rotatable bonds is 2. The smallest absolute Gasteiger partial charge is 0.110 e. The van der Waals surface area contributed by atoms with Crippen molar-refractivity contribution >= 4 is 0 Å². The number of aliphatic hydroxyl groups is 1. The molecule has 0 amide bonds. The maximum atomic E-state index is 10.3. The first-order chi connectivity index (χ1) is 7.27. The fraction of sp³-hybridized carbons (Fsp3) is 1.00. The molecule has 1 aliphatic carbocycles. The lowest BCUT2D eigenvalue weighted by Gasteiger charge is -2.38. The Morgan fingerprint density at radius 3 is 2.20 bits per heavy atom. The van der Waals surface area contributed by atoms with E-state index in [1.54, 1.807) is 0 Å². The first-order valence-electron chi connectivity index (χ1n) is 6.69. The summed E-state index contributed by atoms with van der Waals surface area (Å²) in [7, 11) is 0. The normalized spacial score (nSPS) is 36.4. The average molecular weight is 211 g/mol. The van der Waals surface area contributed by atoms with Crippen LogP contribution in [0.4, 0.5) is 0 Å². The van der Waals surface area contributed by atoms with Gasteiger partial charge in [-0.05, 0) is 37.5 Å². The predicted octanol–water partition coefficient (Wildman–Crippen LogP) is 2.62. The minimum atomic E-state index is -0.141. The second kappa shape index (κ2) is 5.31. The molecule has 2 fully saturated rings. The largest absolute Gasteiger partial charge is 0.378 e. The van der Waals surface area contributed by atoms with Gasteiger partial charge in [-0.3, -0.25) is 4.90 Å². The van der Waals surface area contributed by atoms with Gasteiger partial charge >= 0.3 is 0 Å². The molecule has 0 radical (unpaired) electrons. The zero-order valence-electron chi connectivity index (χ0n) is 9.99. The standard InChI is InChI=1S/C13H25NO/c1-11-5-7-12(8-6-11)13(15)14-9-3-2-4-10-14/h11-13,15H,2-10H2,1H3. The molecule has 0 bridgehead atoms. The van der Waals surface area contributed by atoms with E-state index in [1.807, 2.05) is 0 Å². The number of hydrogen-bond acceptors (Lipinski definition) is 2. The molecule has 1 N–H and O–H groups in total. The highest BCUT2D eigenvalue weighted by Crippen LogP contribution is 2.32. The van der Waals surface area contributed by atoms with Crippen LogP contribution in [0.15, 0.2) is 0 Å². The predicted molar refractivity (Wildman–Crippen MR) is 62.6 cm³/mol. The lowest BCUT2D eigenvalue weighted by atomic mass is 9.81. The van der Waals surface area contributed by atoms with Crippen LogP contribution < -0.4 is 0 Å². The summed E-state index contributed by atoms with van der Waals surface area (Å²) >= 11 is 0. The van der Waals surface area contributed by atoms with Crippen LogP contribution in [-0.2, 0) is 0 Å². The summed E-state index contributed by atoms with van der Waals surface area (Å²) in [6, 6.07) is 0. The van der Waals surface area contributed by atoms with Gasteiger partial charge in [0.05, 0.1) is 0 Å². The van der Waals surface area contributed by atoms with Crippen molar-refractivity contribution in [3.05, 3.63) is 0 Å². The molecule has 1 aliphatic heterocycles. The quantitative estimate of drug-likeness (QED) is 0.759. The van der Waals surface area contributed by atoms with Crippen molar-refractivity contribution in [1.29, 1.82) is 0 Å². The molecule has 15 heavy (non-hydrogen) atoms. The lowest BCUT2D eigenvalue weighted by molar-refractivity contribution is -0.0616. The van der Waals surface area contributed by atoms with Crippen molar-refractivity contribution in [3.63, 3.8) is 0 Å². The second-order valence-corrected chi connectivity index (χ2v) is 5.53. The van der Waals surface area contributed by atoms with E-state index in [1.165, 1.54) is 44.9 Å². The van der Waals surface area contributed by atoms with E-state index in [0.29, 0.717) is 5.92 Å². The van der Waals surface area contributed by atoms with E-state index in [2.05, 4.69) is 11.8 Å². The molecule has 0 aromatic rings. The van der Waals surface area contributed by atoms with Gasteiger partial charge in [0.25, 0.3) is 0 Å². The molecule has 1 saturated heterocycles. The number of aliphatic hydroxyl groups excluding tert-OH is 1. The number of hydrogen-bond donors (Lipinski definition) is 1. The van der Waals surface area contributed by atoms with Gasteiger partial charge in [-0.2, -0.15) is 0 Å². The Labute approximate surface area is 93.7 Å². The Hall–Kier alpha value is -0.0800. The molecule has 1 saturated carbocycles. The SMILES string of the molecule is CC1CCC(C(O)N2CCCCC2)CC1. The number of nitrogens with zero attached hydrogens (tertiary/aromatic N) is 1. The summed E-state index contributed by atoms with van der Waals surface area (Å²) in [5.41, 5.74) is 0. The highest BCUT2D eigenvalue weighted by Gasteiger charge is 2.29. The third kappa shape index (κ3) is 2.94. The summed E-state index contributed by atoms with van der Waals surface area (Å²) in [4.78, 5) is 2.31. The molecule has 2 nitrogen and oxygen atoms in total. The van der Waals surface area contributed by atoms with E-state index in [9.17, 15) is 5.11 Å². The van der Waals surface area contributed by atoms with Gasteiger partial charge in [-0.15, -0.1) is 0 Å². The van der Waals surface area contributed by atoms with Crippen LogP contribution in [0.25, 0.3) is 0 Å². The lowest BCUT2D eigenvalue weighted by Crippen LogP contribution is -2.44. The first kappa shape index (κ1) is 11.4. The van der Waals surface area contributed by atoms with Crippen LogP contribution in [0.3, 0.4) is 0 Å². The van der Waals surface area contributed by atoms with Crippen LogP contribution in [-0.4, -0.2) is 29.3 Å². The Kier molecular flexibility index (Phi) is 4.04. The monoisotopic (exact) mass is 211 g/mol. The van der Waals surface area contributed by atoms with Crippen molar-refractivity contribution < 1.29 is 5.11 Å². The van der Waals surface area contributed by atoms with Gasteiger partial charge < -0.3 is 5.11 Å². The minimum absolute atomic E-state index is 0.141. The van der Waals surface area contributed by atoms with Crippen LogP contribution in [0.1, 0.15) is 51.9 Å². The second-order valence-electron chi connectivity index (χ2n) is 5.53. The van der Waals surface area contributed by atoms with Gasteiger partial charge in [0.15, 0.2) is 0 Å². The fourth-order valence-corrected chi connectivity index (χ4v) is 3.07. The highest BCUT2D eigenvalue weighted by atomic mass is 16.3. The van der Waals surface area contributed by atoms with Crippen molar-refractivity contribution in [1.82, 2.24) is 4.90 Å². The molecule has 1 unspecified atom stereocenters. The Balaban J connectivity index is 1.81. The summed E-state index contributed by atoms with van der Waals surface area (Å²) in [5.74, 6) is 1.44. The van der Waals surface area contributed by atoms with Gasteiger partial charge in [0.2, 0.25) is 0 Å². The van der Waals surface area contributed by atoms with Crippen molar-refractivity contribution in [3.8, 4) is 0 Å². The molecule has 2 heteroatoms. The molecular formula is C13H25NO. The van der Waals surface area contributed by atoms with Gasteiger partial charge in [0.1, 0.15) is 6.23 Å². The molecule has 1 atom stereocenters. The zero-order valence-corrected chi connectivity index (χ0v) is 9.99. The number of likely N-dealkylation sites (tertiary alicyclic amines) is 1. The summed E-state index contributed by atoms with van der Waals surface area (Å²) < 4.78 is 0. The van der Waals surface area contributed by atoms with Crippen LogP contribution in [0.5, 0.6) is 0 Å². The fourth-order valence-electron chi connectivity index (χ4n) is 3.07. The molecule has 2 aliphatic rings. The van der Waals surface area contributed by atoms with Crippen LogP contribution in [0, 0.1) is 11.8 Å². The van der Waals surface area contributed by atoms with Crippen molar-refractivity contribution in [2.24, 2.45) is 11.8 Å². The molecule has 0 aromatic heterocycles. The van der Waals surface area contributed by atoms with Crippen molar-refractivity contribution in [2.75, 3.05) is 13.1 Å². The Morgan fingerprint density at radius 2 is 1.60 bits per heavy atom. The molecule has 88 valence electrons. The van der Waals surface area contributed by atoms with E-state index in [4.69, 9.17) is 0 Å². The highest BCUT2D eigenvalue weighted by molar-refractivity contribution is 4.78. The van der Waals surface area contributed by atoms with Gasteiger partial charge in [-0.25, -0.2) is 0 Å². The molecule has 1 heterocycles. The van der Waals surface area contributed by atoms with E-state index < -0.39 is 0 Å². The van der Waals surface area contributed by atoms with E-state index >= 15 is 0 Å². The topological polar surface area (TPSA) is 23.5 Å². The van der Waals surface area contributed by atoms with Crippen LogP contribution in [0.2, 0.25) is 0 Å². The maximum Gasteiger partial charge on any atom is 0.110 e. The van der Waals surface area contributed by atoms with Crippen molar-refractivity contribution in [2.45, 2.75) is 58.1 Å². The third-order valence-electron chi connectivity index (χ3n) is 4.25. The summed E-state index contributed by atoms with van der Waals surface area (Å²) in [6.07, 6.45) is 8.87.